The number of halogens is 1. The van der Waals surface area contributed by atoms with E-state index >= 15 is 0 Å². The monoisotopic (exact) mass is 301 g/mol. The van der Waals surface area contributed by atoms with Gasteiger partial charge in [0.15, 0.2) is 5.76 Å². The van der Waals surface area contributed by atoms with Gasteiger partial charge in [-0.15, -0.1) is 0 Å². The van der Waals surface area contributed by atoms with Crippen LogP contribution in [0.4, 0.5) is 4.39 Å². The lowest BCUT2D eigenvalue weighted by Gasteiger charge is -2.29. The maximum absolute atomic E-state index is 13.7. The maximum atomic E-state index is 13.7. The molecule has 0 spiro atoms. The Labute approximate surface area is 129 Å². The van der Waals surface area contributed by atoms with Crippen LogP contribution in [0.1, 0.15) is 43.2 Å². The van der Waals surface area contributed by atoms with Crippen LogP contribution in [0.15, 0.2) is 40.8 Å². The van der Waals surface area contributed by atoms with Crippen molar-refractivity contribution in [2.24, 2.45) is 5.92 Å². The fourth-order valence-electron chi connectivity index (χ4n) is 3.04. The Balaban J connectivity index is 1.73. The van der Waals surface area contributed by atoms with Crippen LogP contribution >= 0.6 is 0 Å². The van der Waals surface area contributed by atoms with Crippen molar-refractivity contribution in [2.45, 2.75) is 38.6 Å². The molecule has 0 saturated heterocycles. The topological polar surface area (TPSA) is 42.2 Å². The van der Waals surface area contributed by atoms with E-state index in [2.05, 4.69) is 12.2 Å². The number of hydrogen-bond acceptors (Lipinski definition) is 2. The Bertz CT molecular complexity index is 665. The largest absolute Gasteiger partial charge is 0.451 e. The van der Waals surface area contributed by atoms with Crippen molar-refractivity contribution in [3.63, 3.8) is 0 Å². The Morgan fingerprint density at radius 2 is 1.95 bits per heavy atom. The number of hydrogen-bond donors (Lipinski definition) is 1. The van der Waals surface area contributed by atoms with Gasteiger partial charge in [-0.3, -0.25) is 4.79 Å². The molecular formula is C18H20FNO2. The van der Waals surface area contributed by atoms with Gasteiger partial charge in [-0.05, 0) is 43.0 Å². The van der Waals surface area contributed by atoms with E-state index < -0.39 is 0 Å². The van der Waals surface area contributed by atoms with Crippen molar-refractivity contribution in [1.29, 1.82) is 0 Å². The molecule has 4 heteroatoms. The lowest BCUT2D eigenvalue weighted by molar-refractivity contribution is 0.0883. The Morgan fingerprint density at radius 3 is 2.73 bits per heavy atom. The third kappa shape index (κ3) is 3.06. The van der Waals surface area contributed by atoms with Gasteiger partial charge in [0, 0.05) is 6.04 Å². The highest BCUT2D eigenvalue weighted by atomic mass is 19.1. The van der Waals surface area contributed by atoms with Crippen molar-refractivity contribution < 1.29 is 13.6 Å². The highest BCUT2D eigenvalue weighted by Crippen LogP contribution is 2.26. The second kappa shape index (κ2) is 6.34. The number of furan rings is 1. The summed E-state index contributed by atoms with van der Waals surface area (Å²) in [6.45, 7) is 2.16. The average Bonchev–Trinajstić information content (AvgIpc) is 3.00. The number of carbonyl (C=O) groups is 1. The van der Waals surface area contributed by atoms with Crippen LogP contribution in [0, 0.1) is 11.7 Å². The van der Waals surface area contributed by atoms with E-state index in [1.165, 1.54) is 12.5 Å². The van der Waals surface area contributed by atoms with Gasteiger partial charge in [-0.1, -0.05) is 31.9 Å². The standard InChI is InChI=1S/C18H20FNO2/c1-12-6-2-5-9-15(12)20-18(21)17-11-10-16(22-17)13-7-3-4-8-14(13)19/h3-4,7-8,10-12,15H,2,5-6,9H2,1H3,(H,20,21)/t12-,15+/m0/s1. The molecule has 1 aliphatic rings. The van der Waals surface area contributed by atoms with E-state index in [-0.39, 0.29) is 23.5 Å². The van der Waals surface area contributed by atoms with Crippen molar-refractivity contribution in [3.05, 3.63) is 48.0 Å². The fraction of sp³-hybridized carbons (Fsp3) is 0.389. The molecular weight excluding hydrogens is 281 g/mol. The summed E-state index contributed by atoms with van der Waals surface area (Å²) in [5.41, 5.74) is 0.368. The summed E-state index contributed by atoms with van der Waals surface area (Å²) < 4.78 is 19.3. The summed E-state index contributed by atoms with van der Waals surface area (Å²) in [6, 6.07) is 9.82. The zero-order valence-corrected chi connectivity index (χ0v) is 12.6. The lowest BCUT2D eigenvalue weighted by Crippen LogP contribution is -2.40. The molecule has 3 rings (SSSR count). The molecule has 1 amide bonds. The van der Waals surface area contributed by atoms with E-state index in [1.54, 1.807) is 30.3 Å². The first-order chi connectivity index (χ1) is 10.6. The normalized spacial score (nSPS) is 21.5. The predicted octanol–water partition coefficient (Wildman–Crippen LogP) is 4.39. The highest BCUT2D eigenvalue weighted by molar-refractivity contribution is 5.92. The molecule has 22 heavy (non-hydrogen) atoms. The molecule has 0 bridgehead atoms. The van der Waals surface area contributed by atoms with Crippen LogP contribution in [0.25, 0.3) is 11.3 Å². The van der Waals surface area contributed by atoms with Gasteiger partial charge in [0.25, 0.3) is 5.91 Å². The molecule has 0 aliphatic heterocycles. The summed E-state index contributed by atoms with van der Waals surface area (Å²) in [5.74, 6) is 0.515. The van der Waals surface area contributed by atoms with Crippen LogP contribution < -0.4 is 5.32 Å². The maximum Gasteiger partial charge on any atom is 0.287 e. The van der Waals surface area contributed by atoms with Crippen LogP contribution in [0.3, 0.4) is 0 Å². The second-order valence-corrected chi connectivity index (χ2v) is 5.99. The van der Waals surface area contributed by atoms with Gasteiger partial charge in [0.1, 0.15) is 11.6 Å². The second-order valence-electron chi connectivity index (χ2n) is 5.99. The summed E-state index contributed by atoms with van der Waals surface area (Å²) in [5, 5.41) is 3.04. The highest BCUT2D eigenvalue weighted by Gasteiger charge is 2.24. The van der Waals surface area contributed by atoms with Gasteiger partial charge in [-0.25, -0.2) is 4.39 Å². The van der Waals surface area contributed by atoms with Crippen molar-refractivity contribution in [3.8, 4) is 11.3 Å². The minimum absolute atomic E-state index is 0.197. The average molecular weight is 301 g/mol. The Hall–Kier alpha value is -2.10. The SMILES string of the molecule is C[C@H]1CCCC[C@H]1NC(=O)c1ccc(-c2ccccc2F)o1. The molecule has 3 nitrogen and oxygen atoms in total. The van der Waals surface area contributed by atoms with Crippen LogP contribution in [-0.2, 0) is 0 Å². The van der Waals surface area contributed by atoms with Crippen molar-refractivity contribution in [1.82, 2.24) is 5.32 Å². The minimum Gasteiger partial charge on any atom is -0.451 e. The molecule has 2 atom stereocenters. The van der Waals surface area contributed by atoms with Gasteiger partial charge in [-0.2, -0.15) is 0 Å². The van der Waals surface area contributed by atoms with Gasteiger partial charge < -0.3 is 9.73 Å². The molecule has 1 N–H and O–H groups in total. The van der Waals surface area contributed by atoms with E-state index in [1.807, 2.05) is 0 Å². The van der Waals surface area contributed by atoms with E-state index in [4.69, 9.17) is 4.42 Å². The lowest BCUT2D eigenvalue weighted by atomic mass is 9.86. The molecule has 1 heterocycles. The van der Waals surface area contributed by atoms with Crippen LogP contribution in [-0.4, -0.2) is 11.9 Å². The quantitative estimate of drug-likeness (QED) is 0.913. The van der Waals surface area contributed by atoms with Gasteiger partial charge in [0.05, 0.1) is 5.56 Å². The fourth-order valence-corrected chi connectivity index (χ4v) is 3.04. The molecule has 116 valence electrons. The van der Waals surface area contributed by atoms with Crippen LogP contribution in [0.2, 0.25) is 0 Å². The molecule has 2 aromatic rings. The Morgan fingerprint density at radius 1 is 1.18 bits per heavy atom. The summed E-state index contributed by atoms with van der Waals surface area (Å²) >= 11 is 0. The smallest absolute Gasteiger partial charge is 0.287 e. The first-order valence-corrected chi connectivity index (χ1v) is 7.81. The van der Waals surface area contributed by atoms with E-state index in [0.717, 1.165) is 19.3 Å². The number of amides is 1. The molecule has 1 aromatic carbocycles. The molecule has 1 fully saturated rings. The summed E-state index contributed by atoms with van der Waals surface area (Å²) in [6.07, 6.45) is 4.52. The summed E-state index contributed by atoms with van der Waals surface area (Å²) in [7, 11) is 0. The van der Waals surface area contributed by atoms with Crippen molar-refractivity contribution >= 4 is 5.91 Å². The number of carbonyl (C=O) groups excluding carboxylic acids is 1. The molecule has 0 unspecified atom stereocenters. The predicted molar refractivity (Wildman–Crippen MR) is 83.0 cm³/mol. The van der Waals surface area contributed by atoms with Gasteiger partial charge >= 0.3 is 0 Å². The first kappa shape index (κ1) is 14.8. The van der Waals surface area contributed by atoms with E-state index in [0.29, 0.717) is 17.2 Å². The third-order valence-electron chi connectivity index (χ3n) is 4.40. The zero-order valence-electron chi connectivity index (χ0n) is 12.6. The molecule has 1 aromatic heterocycles. The first-order valence-electron chi connectivity index (χ1n) is 7.81. The molecule has 0 radical (unpaired) electrons. The Kier molecular flexibility index (Phi) is 4.27. The summed E-state index contributed by atoms with van der Waals surface area (Å²) in [4.78, 5) is 12.3. The number of benzene rings is 1. The van der Waals surface area contributed by atoms with Gasteiger partial charge in [0.2, 0.25) is 0 Å². The third-order valence-corrected chi connectivity index (χ3v) is 4.40. The molecule has 1 aliphatic carbocycles. The molecule has 1 saturated carbocycles. The zero-order chi connectivity index (χ0) is 15.5. The van der Waals surface area contributed by atoms with Crippen LogP contribution in [0.5, 0.6) is 0 Å². The van der Waals surface area contributed by atoms with E-state index in [9.17, 15) is 9.18 Å². The number of nitrogens with one attached hydrogen (secondary N) is 1. The van der Waals surface area contributed by atoms with Crippen molar-refractivity contribution in [2.75, 3.05) is 0 Å². The minimum atomic E-state index is -0.357. The number of rotatable bonds is 3.